The van der Waals surface area contributed by atoms with Crippen molar-refractivity contribution in [1.82, 2.24) is 20.8 Å². The third-order valence-corrected chi connectivity index (χ3v) is 2.93. The summed E-state index contributed by atoms with van der Waals surface area (Å²) in [5, 5.41) is 12.5. The lowest BCUT2D eigenvalue weighted by Gasteiger charge is -2.12. The smallest absolute Gasteiger partial charge is 0.315 e. The van der Waals surface area contributed by atoms with Crippen molar-refractivity contribution < 1.29 is 4.79 Å². The summed E-state index contributed by atoms with van der Waals surface area (Å²) in [4.78, 5) is 11.5. The van der Waals surface area contributed by atoms with Crippen molar-refractivity contribution >= 4 is 6.03 Å². The predicted molar refractivity (Wildman–Crippen MR) is 61.1 cm³/mol. The van der Waals surface area contributed by atoms with Gasteiger partial charge in [0.15, 0.2) is 0 Å². The van der Waals surface area contributed by atoms with Crippen LogP contribution in [-0.2, 0) is 6.42 Å². The fourth-order valence-electron chi connectivity index (χ4n) is 2.04. The van der Waals surface area contributed by atoms with Gasteiger partial charge in [0, 0.05) is 30.9 Å². The largest absolute Gasteiger partial charge is 0.338 e. The second-order valence-electron chi connectivity index (χ2n) is 4.21. The van der Waals surface area contributed by atoms with Gasteiger partial charge in [-0.3, -0.25) is 5.10 Å². The van der Waals surface area contributed by atoms with E-state index < -0.39 is 0 Å². The molecule has 1 aromatic rings. The van der Waals surface area contributed by atoms with E-state index in [1.165, 1.54) is 12.8 Å². The van der Waals surface area contributed by atoms with E-state index in [9.17, 15) is 4.79 Å². The highest BCUT2D eigenvalue weighted by molar-refractivity contribution is 5.74. The van der Waals surface area contributed by atoms with Crippen LogP contribution in [0, 0.1) is 0 Å². The first-order valence-corrected chi connectivity index (χ1v) is 5.87. The molecule has 1 heterocycles. The quantitative estimate of drug-likeness (QED) is 0.716. The summed E-state index contributed by atoms with van der Waals surface area (Å²) in [6, 6.07) is 2.25. The molecule has 0 atom stereocenters. The second-order valence-corrected chi connectivity index (χ2v) is 4.21. The van der Waals surface area contributed by atoms with E-state index in [2.05, 4.69) is 20.8 Å². The van der Waals surface area contributed by atoms with Gasteiger partial charge in [-0.25, -0.2) is 4.79 Å². The first-order chi connectivity index (χ1) is 7.84. The number of hydrogen-bond acceptors (Lipinski definition) is 2. The maximum Gasteiger partial charge on any atom is 0.315 e. The number of nitrogens with zero attached hydrogens (tertiary/aromatic N) is 1. The van der Waals surface area contributed by atoms with Crippen molar-refractivity contribution in [1.29, 1.82) is 0 Å². The molecule has 0 unspecified atom stereocenters. The second kappa shape index (κ2) is 5.53. The molecule has 2 amide bonds. The number of nitrogens with one attached hydrogen (secondary N) is 3. The van der Waals surface area contributed by atoms with Gasteiger partial charge in [0.2, 0.25) is 0 Å². The highest BCUT2D eigenvalue weighted by Crippen LogP contribution is 2.17. The summed E-state index contributed by atoms with van der Waals surface area (Å²) in [5.41, 5.74) is 1.04. The molecule has 1 aliphatic carbocycles. The van der Waals surface area contributed by atoms with Gasteiger partial charge in [-0.1, -0.05) is 12.8 Å². The minimum absolute atomic E-state index is 0.0496. The number of aromatic nitrogens is 2. The molecule has 5 heteroatoms. The monoisotopic (exact) mass is 222 g/mol. The molecule has 0 spiro atoms. The minimum atomic E-state index is -0.0496. The average Bonchev–Trinajstić information content (AvgIpc) is 2.90. The number of aromatic amines is 1. The zero-order valence-corrected chi connectivity index (χ0v) is 9.33. The van der Waals surface area contributed by atoms with Crippen LogP contribution in [0.25, 0.3) is 0 Å². The molecule has 0 radical (unpaired) electrons. The van der Waals surface area contributed by atoms with Gasteiger partial charge in [-0.05, 0) is 18.9 Å². The summed E-state index contributed by atoms with van der Waals surface area (Å²) < 4.78 is 0. The van der Waals surface area contributed by atoms with Gasteiger partial charge in [0.05, 0.1) is 0 Å². The minimum Gasteiger partial charge on any atom is -0.338 e. The van der Waals surface area contributed by atoms with Gasteiger partial charge in [0.1, 0.15) is 0 Å². The first-order valence-electron chi connectivity index (χ1n) is 5.87. The number of carbonyl (C=O) groups is 1. The zero-order chi connectivity index (χ0) is 11.2. The molecule has 2 rings (SSSR count). The Morgan fingerprint density at radius 1 is 1.50 bits per heavy atom. The Morgan fingerprint density at radius 3 is 3.00 bits per heavy atom. The van der Waals surface area contributed by atoms with E-state index in [0.29, 0.717) is 12.6 Å². The van der Waals surface area contributed by atoms with Gasteiger partial charge >= 0.3 is 6.03 Å². The number of carbonyl (C=O) groups excluding carboxylic acids is 1. The zero-order valence-electron chi connectivity index (χ0n) is 9.33. The molecule has 0 bridgehead atoms. The van der Waals surface area contributed by atoms with E-state index in [4.69, 9.17) is 0 Å². The summed E-state index contributed by atoms with van der Waals surface area (Å²) in [6.07, 6.45) is 7.21. The SMILES string of the molecule is O=C(NCCc1ccn[nH]1)NC1CCCC1. The summed E-state index contributed by atoms with van der Waals surface area (Å²) >= 11 is 0. The standard InChI is InChI=1S/C11H18N4O/c16-11(14-9-3-1-2-4-9)12-7-5-10-6-8-13-15-10/h6,8-9H,1-5,7H2,(H,13,15)(H2,12,14,16). The van der Waals surface area contributed by atoms with Crippen molar-refractivity contribution in [2.24, 2.45) is 0 Å². The van der Waals surface area contributed by atoms with Crippen LogP contribution in [0.5, 0.6) is 0 Å². The molecule has 5 nitrogen and oxygen atoms in total. The Kier molecular flexibility index (Phi) is 3.80. The molecule has 0 aliphatic heterocycles. The van der Waals surface area contributed by atoms with Crippen LogP contribution in [0.3, 0.4) is 0 Å². The first kappa shape index (κ1) is 11.0. The van der Waals surface area contributed by atoms with Gasteiger partial charge in [-0.15, -0.1) is 0 Å². The number of H-pyrrole nitrogens is 1. The van der Waals surface area contributed by atoms with Crippen LogP contribution in [0.2, 0.25) is 0 Å². The molecule has 1 fully saturated rings. The molecule has 16 heavy (non-hydrogen) atoms. The van der Waals surface area contributed by atoms with Crippen molar-refractivity contribution in [2.75, 3.05) is 6.54 Å². The normalized spacial score (nSPS) is 16.2. The lowest BCUT2D eigenvalue weighted by atomic mass is 10.2. The molecule has 1 aliphatic rings. The van der Waals surface area contributed by atoms with Crippen LogP contribution in [0.15, 0.2) is 12.3 Å². The number of rotatable bonds is 4. The predicted octanol–water partition coefficient (Wildman–Crippen LogP) is 1.19. The van der Waals surface area contributed by atoms with E-state index in [1.807, 2.05) is 6.07 Å². The van der Waals surface area contributed by atoms with E-state index in [-0.39, 0.29) is 6.03 Å². The highest BCUT2D eigenvalue weighted by Gasteiger charge is 2.16. The number of hydrogen-bond donors (Lipinski definition) is 3. The third-order valence-electron chi connectivity index (χ3n) is 2.93. The molecule has 0 saturated heterocycles. The van der Waals surface area contributed by atoms with Crippen LogP contribution >= 0.6 is 0 Å². The maximum atomic E-state index is 11.5. The Hall–Kier alpha value is -1.52. The molecular formula is C11H18N4O. The lowest BCUT2D eigenvalue weighted by molar-refractivity contribution is 0.237. The fourth-order valence-corrected chi connectivity index (χ4v) is 2.04. The van der Waals surface area contributed by atoms with Gasteiger partial charge in [-0.2, -0.15) is 5.10 Å². The Labute approximate surface area is 95.0 Å². The third kappa shape index (κ3) is 3.25. The van der Waals surface area contributed by atoms with Crippen molar-refractivity contribution in [3.05, 3.63) is 18.0 Å². The summed E-state index contributed by atoms with van der Waals surface area (Å²) in [7, 11) is 0. The van der Waals surface area contributed by atoms with Crippen LogP contribution in [0.1, 0.15) is 31.4 Å². The summed E-state index contributed by atoms with van der Waals surface area (Å²) in [6.45, 7) is 0.640. The Balaban J connectivity index is 1.60. The van der Waals surface area contributed by atoms with E-state index in [1.54, 1.807) is 6.20 Å². The molecular weight excluding hydrogens is 204 g/mol. The summed E-state index contributed by atoms with van der Waals surface area (Å²) in [5.74, 6) is 0. The van der Waals surface area contributed by atoms with E-state index >= 15 is 0 Å². The van der Waals surface area contributed by atoms with E-state index in [0.717, 1.165) is 25.0 Å². The number of amides is 2. The lowest BCUT2D eigenvalue weighted by Crippen LogP contribution is -2.41. The molecule has 3 N–H and O–H groups in total. The van der Waals surface area contributed by atoms with Gasteiger partial charge in [0.25, 0.3) is 0 Å². The molecule has 0 aromatic carbocycles. The van der Waals surface area contributed by atoms with Crippen LogP contribution < -0.4 is 10.6 Å². The van der Waals surface area contributed by atoms with Crippen molar-refractivity contribution in [3.63, 3.8) is 0 Å². The topological polar surface area (TPSA) is 69.8 Å². The average molecular weight is 222 g/mol. The highest BCUT2D eigenvalue weighted by atomic mass is 16.2. The van der Waals surface area contributed by atoms with Crippen LogP contribution in [-0.4, -0.2) is 28.8 Å². The Bertz CT molecular complexity index is 317. The maximum absolute atomic E-state index is 11.5. The molecule has 1 aromatic heterocycles. The van der Waals surface area contributed by atoms with Crippen molar-refractivity contribution in [3.8, 4) is 0 Å². The molecule has 88 valence electrons. The van der Waals surface area contributed by atoms with Crippen molar-refractivity contribution in [2.45, 2.75) is 38.1 Å². The van der Waals surface area contributed by atoms with Crippen LogP contribution in [0.4, 0.5) is 4.79 Å². The fraction of sp³-hybridized carbons (Fsp3) is 0.636. The van der Waals surface area contributed by atoms with Gasteiger partial charge < -0.3 is 10.6 Å². The Morgan fingerprint density at radius 2 is 2.31 bits per heavy atom. The molecule has 1 saturated carbocycles. The number of urea groups is 1.